The highest BCUT2D eigenvalue weighted by Gasteiger charge is 2.21. The van der Waals surface area contributed by atoms with Crippen molar-refractivity contribution in [1.29, 1.82) is 0 Å². The van der Waals surface area contributed by atoms with Crippen LogP contribution in [-0.4, -0.2) is 54.2 Å². The first-order chi connectivity index (χ1) is 17.9. The maximum atomic E-state index is 12.7. The number of halogens is 1. The molecule has 0 spiro atoms. The lowest BCUT2D eigenvalue weighted by Crippen LogP contribution is -2.38. The highest BCUT2D eigenvalue weighted by atomic mass is 79.9. The highest BCUT2D eigenvalue weighted by molar-refractivity contribution is 9.10. The van der Waals surface area contributed by atoms with Crippen molar-refractivity contribution in [2.75, 3.05) is 31.0 Å². The summed E-state index contributed by atoms with van der Waals surface area (Å²) in [6.07, 6.45) is 9.14. The molecule has 4 N–H and O–H groups in total. The molecule has 11 heteroatoms. The fourth-order valence-electron chi connectivity index (χ4n) is 4.43. The van der Waals surface area contributed by atoms with E-state index in [9.17, 15) is 9.59 Å². The monoisotopic (exact) mass is 572 g/mol. The minimum Gasteiger partial charge on any atom is -0.495 e. The SMILES string of the molecule is COc1cc(C(=O)NC2CCOCC2)ccc1Nc1ncc(Br)c(NC2CCCC/C2=C\NC(C)=O)n1. The molecule has 2 amide bonds. The first-order valence-corrected chi connectivity index (χ1v) is 13.3. The average Bonchev–Trinajstić information content (AvgIpc) is 2.90. The van der Waals surface area contributed by atoms with E-state index in [0.29, 0.717) is 42.0 Å². The number of carbonyl (C=O) groups excluding carboxylic acids is 2. The molecule has 2 fully saturated rings. The zero-order valence-corrected chi connectivity index (χ0v) is 22.7. The number of hydrogen-bond acceptors (Lipinski definition) is 8. The summed E-state index contributed by atoms with van der Waals surface area (Å²) >= 11 is 3.54. The van der Waals surface area contributed by atoms with Crippen LogP contribution in [0.2, 0.25) is 0 Å². The average molecular weight is 573 g/mol. The van der Waals surface area contributed by atoms with Crippen molar-refractivity contribution in [2.45, 2.75) is 57.5 Å². The van der Waals surface area contributed by atoms with E-state index < -0.39 is 0 Å². The third-order valence-corrected chi connectivity index (χ3v) is 7.02. The summed E-state index contributed by atoms with van der Waals surface area (Å²) in [4.78, 5) is 33.2. The Morgan fingerprint density at radius 1 is 1.19 bits per heavy atom. The van der Waals surface area contributed by atoms with Crippen molar-refractivity contribution in [2.24, 2.45) is 0 Å². The van der Waals surface area contributed by atoms with Crippen LogP contribution in [-0.2, 0) is 9.53 Å². The van der Waals surface area contributed by atoms with Crippen LogP contribution in [0.25, 0.3) is 0 Å². The molecule has 37 heavy (non-hydrogen) atoms. The van der Waals surface area contributed by atoms with Gasteiger partial charge in [0.1, 0.15) is 11.6 Å². The number of ether oxygens (including phenoxy) is 2. The van der Waals surface area contributed by atoms with Crippen molar-refractivity contribution in [3.8, 4) is 5.75 Å². The lowest BCUT2D eigenvalue weighted by Gasteiger charge is -2.27. The molecule has 2 heterocycles. The van der Waals surface area contributed by atoms with Crippen LogP contribution in [0.4, 0.5) is 17.5 Å². The molecule has 0 radical (unpaired) electrons. The first kappa shape index (κ1) is 26.9. The molecule has 1 aliphatic heterocycles. The van der Waals surface area contributed by atoms with Crippen LogP contribution in [0.1, 0.15) is 55.8 Å². The van der Waals surface area contributed by atoms with E-state index in [1.165, 1.54) is 6.92 Å². The van der Waals surface area contributed by atoms with Gasteiger partial charge >= 0.3 is 0 Å². The Morgan fingerprint density at radius 3 is 2.76 bits per heavy atom. The largest absolute Gasteiger partial charge is 0.495 e. The van der Waals surface area contributed by atoms with Gasteiger partial charge in [0.05, 0.1) is 23.3 Å². The topological polar surface area (TPSA) is 127 Å². The van der Waals surface area contributed by atoms with E-state index in [1.807, 2.05) is 0 Å². The third-order valence-electron chi connectivity index (χ3n) is 6.44. The summed E-state index contributed by atoms with van der Waals surface area (Å²) in [5.41, 5.74) is 2.30. The third kappa shape index (κ3) is 7.42. The second kappa shape index (κ2) is 12.9. The molecule has 10 nitrogen and oxygen atoms in total. The Kier molecular flexibility index (Phi) is 9.34. The normalized spacial score (nSPS) is 19.2. The van der Waals surface area contributed by atoms with E-state index in [4.69, 9.17) is 9.47 Å². The number of nitrogens with zero attached hydrogens (tertiary/aromatic N) is 2. The molecule has 1 saturated heterocycles. The standard InChI is InChI=1S/C26H33BrN6O4/c1-16(34)28-14-18-5-3-4-6-21(18)31-24-20(27)15-29-26(33-24)32-22-8-7-17(13-23(22)36-2)25(35)30-19-9-11-37-12-10-19/h7-8,13-15,19,21H,3-6,9-12H2,1-2H3,(H,28,34)(H,30,35)(H2,29,31,32,33)/b18-14+. The number of benzene rings is 1. The van der Waals surface area contributed by atoms with Crippen molar-refractivity contribution in [3.63, 3.8) is 0 Å². The molecule has 1 atom stereocenters. The van der Waals surface area contributed by atoms with Crippen molar-refractivity contribution >= 4 is 45.2 Å². The highest BCUT2D eigenvalue weighted by Crippen LogP contribution is 2.31. The van der Waals surface area contributed by atoms with Gasteiger partial charge in [-0.3, -0.25) is 9.59 Å². The molecule has 1 aromatic heterocycles. The minimum atomic E-state index is -0.140. The summed E-state index contributed by atoms with van der Waals surface area (Å²) in [5.74, 6) is 1.30. The molecule has 0 bridgehead atoms. The Labute approximate surface area is 225 Å². The Balaban J connectivity index is 1.47. The fraction of sp³-hybridized carbons (Fsp3) is 0.462. The summed E-state index contributed by atoms with van der Waals surface area (Å²) in [6, 6.07) is 5.41. The van der Waals surface area contributed by atoms with Gasteiger partial charge in [-0.05, 0) is 71.8 Å². The van der Waals surface area contributed by atoms with E-state index in [2.05, 4.69) is 47.2 Å². The summed E-state index contributed by atoms with van der Waals surface area (Å²) in [6.45, 7) is 2.82. The minimum absolute atomic E-state index is 0.0581. The van der Waals surface area contributed by atoms with Gasteiger partial charge in [-0.15, -0.1) is 0 Å². The number of rotatable bonds is 8. The second-order valence-electron chi connectivity index (χ2n) is 9.15. The lowest BCUT2D eigenvalue weighted by atomic mass is 9.90. The number of methoxy groups -OCH3 is 1. The first-order valence-electron chi connectivity index (χ1n) is 12.5. The smallest absolute Gasteiger partial charge is 0.251 e. The van der Waals surface area contributed by atoms with Crippen LogP contribution in [0.3, 0.4) is 0 Å². The molecule has 198 valence electrons. The Hall–Kier alpha value is -3.18. The maximum absolute atomic E-state index is 12.7. The number of carbonyl (C=O) groups is 2. The number of hydrogen-bond donors (Lipinski definition) is 4. The molecular weight excluding hydrogens is 540 g/mol. The van der Waals surface area contributed by atoms with E-state index in [-0.39, 0.29) is 23.9 Å². The van der Waals surface area contributed by atoms with E-state index in [0.717, 1.165) is 48.6 Å². The predicted molar refractivity (Wildman–Crippen MR) is 145 cm³/mol. The number of nitrogens with one attached hydrogen (secondary N) is 4. The Bertz CT molecular complexity index is 1150. The van der Waals surface area contributed by atoms with E-state index in [1.54, 1.807) is 37.7 Å². The van der Waals surface area contributed by atoms with Crippen LogP contribution >= 0.6 is 15.9 Å². The van der Waals surface area contributed by atoms with Crippen LogP contribution in [0, 0.1) is 0 Å². The number of aromatic nitrogens is 2. The quantitative estimate of drug-likeness (QED) is 0.369. The van der Waals surface area contributed by atoms with Crippen molar-refractivity contribution in [3.05, 3.63) is 46.2 Å². The van der Waals surface area contributed by atoms with Gasteiger partial charge < -0.3 is 30.7 Å². The van der Waals surface area contributed by atoms with Crippen molar-refractivity contribution < 1.29 is 19.1 Å². The molecule has 4 rings (SSSR count). The zero-order chi connectivity index (χ0) is 26.2. The molecule has 1 unspecified atom stereocenters. The predicted octanol–water partition coefficient (Wildman–Crippen LogP) is 4.27. The number of amides is 2. The summed E-state index contributed by atoms with van der Waals surface area (Å²) in [7, 11) is 1.56. The van der Waals surface area contributed by atoms with Crippen LogP contribution < -0.4 is 26.0 Å². The molecule has 1 aromatic carbocycles. The summed E-state index contributed by atoms with van der Waals surface area (Å²) in [5, 5.41) is 12.5. The lowest BCUT2D eigenvalue weighted by molar-refractivity contribution is -0.118. The molecule has 2 aliphatic rings. The van der Waals surface area contributed by atoms with Crippen LogP contribution in [0.5, 0.6) is 5.75 Å². The molecular formula is C26H33BrN6O4. The van der Waals surface area contributed by atoms with Gasteiger partial charge in [0.25, 0.3) is 5.91 Å². The summed E-state index contributed by atoms with van der Waals surface area (Å²) < 4.78 is 11.6. The van der Waals surface area contributed by atoms with Gasteiger partial charge in [-0.25, -0.2) is 4.98 Å². The Morgan fingerprint density at radius 2 is 2.00 bits per heavy atom. The van der Waals surface area contributed by atoms with Crippen molar-refractivity contribution in [1.82, 2.24) is 20.6 Å². The fourth-order valence-corrected chi connectivity index (χ4v) is 4.74. The van der Waals surface area contributed by atoms with Crippen LogP contribution in [0.15, 0.2) is 40.6 Å². The van der Waals surface area contributed by atoms with Gasteiger partial charge in [0.15, 0.2) is 0 Å². The van der Waals surface area contributed by atoms with E-state index >= 15 is 0 Å². The maximum Gasteiger partial charge on any atom is 0.251 e. The molecule has 1 saturated carbocycles. The molecule has 1 aliphatic carbocycles. The second-order valence-corrected chi connectivity index (χ2v) is 10.0. The zero-order valence-electron chi connectivity index (χ0n) is 21.1. The molecule has 2 aromatic rings. The van der Waals surface area contributed by atoms with Gasteiger partial charge in [0, 0.05) is 44.1 Å². The van der Waals surface area contributed by atoms with Gasteiger partial charge in [0.2, 0.25) is 11.9 Å². The van der Waals surface area contributed by atoms with Gasteiger partial charge in [-0.1, -0.05) is 6.42 Å². The van der Waals surface area contributed by atoms with Gasteiger partial charge in [-0.2, -0.15) is 4.98 Å². The number of anilines is 3.